The fourth-order valence-electron chi connectivity index (χ4n) is 2.46. The number of hydrogen-bond acceptors (Lipinski definition) is 4. The first-order valence-electron chi connectivity index (χ1n) is 7.90. The van der Waals surface area contributed by atoms with E-state index in [1.54, 1.807) is 6.20 Å². The minimum Gasteiger partial charge on any atom is -0.505 e. The summed E-state index contributed by atoms with van der Waals surface area (Å²) in [5, 5.41) is 19.0. The number of amides is 1. The van der Waals surface area contributed by atoms with Crippen molar-refractivity contribution in [3.05, 3.63) is 77.6 Å². The molecule has 27 heavy (non-hydrogen) atoms. The van der Waals surface area contributed by atoms with Gasteiger partial charge in [-0.15, -0.1) is 0 Å². The standard InChI is InChI=1S/C18H16FN3O2.CH2O2/c1-12-20-8-9-22(12)16-5-3-2-4-14(16)11-21-18(24)13-6-7-15(19)17(23)10-13;2-1-3/h2-10,23H,11H2,1H3,(H,21,24);1H,(H,2,3). The van der Waals surface area contributed by atoms with E-state index < -0.39 is 11.6 Å². The van der Waals surface area contributed by atoms with Crippen molar-refractivity contribution in [1.82, 2.24) is 14.9 Å². The van der Waals surface area contributed by atoms with E-state index in [0.29, 0.717) is 6.54 Å². The monoisotopic (exact) mass is 371 g/mol. The van der Waals surface area contributed by atoms with Gasteiger partial charge in [-0.2, -0.15) is 0 Å². The third-order valence-corrected chi connectivity index (χ3v) is 3.72. The number of nitrogens with zero attached hydrogens (tertiary/aromatic N) is 2. The molecule has 7 nitrogen and oxygen atoms in total. The second-order valence-electron chi connectivity index (χ2n) is 5.43. The van der Waals surface area contributed by atoms with Gasteiger partial charge in [0.1, 0.15) is 5.82 Å². The molecule has 1 amide bonds. The van der Waals surface area contributed by atoms with Crippen LogP contribution in [0.5, 0.6) is 5.75 Å². The number of phenols is 1. The fourth-order valence-corrected chi connectivity index (χ4v) is 2.46. The summed E-state index contributed by atoms with van der Waals surface area (Å²) in [5.74, 6) is -0.843. The number of aromatic hydroxyl groups is 1. The lowest BCUT2D eigenvalue weighted by molar-refractivity contribution is -0.122. The van der Waals surface area contributed by atoms with Crippen LogP contribution in [0.2, 0.25) is 0 Å². The number of phenolic OH excluding ortho intramolecular Hbond substituents is 1. The third kappa shape index (κ3) is 4.91. The SMILES string of the molecule is Cc1nccn1-c1ccccc1CNC(=O)c1ccc(F)c(O)c1.O=CO. The summed E-state index contributed by atoms with van der Waals surface area (Å²) in [6, 6.07) is 11.2. The summed E-state index contributed by atoms with van der Waals surface area (Å²) < 4.78 is 15.0. The van der Waals surface area contributed by atoms with Gasteiger partial charge in [0.15, 0.2) is 11.6 Å². The van der Waals surface area contributed by atoms with E-state index >= 15 is 0 Å². The Kier molecular flexibility index (Phi) is 6.65. The zero-order valence-corrected chi connectivity index (χ0v) is 14.5. The van der Waals surface area contributed by atoms with Crippen LogP contribution in [-0.2, 0) is 11.3 Å². The number of halogens is 1. The molecule has 0 aliphatic heterocycles. The van der Waals surface area contributed by atoms with Gasteiger partial charge >= 0.3 is 0 Å². The van der Waals surface area contributed by atoms with E-state index in [9.17, 15) is 14.3 Å². The Hall–Kier alpha value is -3.68. The van der Waals surface area contributed by atoms with Gasteiger partial charge in [0, 0.05) is 24.5 Å². The number of benzene rings is 2. The van der Waals surface area contributed by atoms with Crippen LogP contribution in [0.1, 0.15) is 21.7 Å². The molecule has 0 aliphatic rings. The largest absolute Gasteiger partial charge is 0.505 e. The van der Waals surface area contributed by atoms with Crippen LogP contribution in [0.3, 0.4) is 0 Å². The maximum absolute atomic E-state index is 13.1. The van der Waals surface area contributed by atoms with Gasteiger partial charge in [0.2, 0.25) is 0 Å². The lowest BCUT2D eigenvalue weighted by Crippen LogP contribution is -2.23. The molecule has 140 valence electrons. The van der Waals surface area contributed by atoms with Crippen molar-refractivity contribution in [1.29, 1.82) is 0 Å². The Balaban J connectivity index is 0.000000817. The summed E-state index contributed by atoms with van der Waals surface area (Å²) in [6.07, 6.45) is 3.57. The van der Waals surface area contributed by atoms with Crippen LogP contribution >= 0.6 is 0 Å². The van der Waals surface area contributed by atoms with Crippen molar-refractivity contribution in [3.63, 3.8) is 0 Å². The molecule has 3 aromatic rings. The van der Waals surface area contributed by atoms with E-state index in [-0.39, 0.29) is 17.9 Å². The summed E-state index contributed by atoms with van der Waals surface area (Å²) >= 11 is 0. The van der Waals surface area contributed by atoms with Gasteiger partial charge in [-0.05, 0) is 36.8 Å². The van der Waals surface area contributed by atoms with E-state index in [2.05, 4.69) is 10.3 Å². The number of aryl methyl sites for hydroxylation is 1. The summed E-state index contributed by atoms with van der Waals surface area (Å²) in [4.78, 5) is 24.8. The lowest BCUT2D eigenvalue weighted by Gasteiger charge is -2.13. The molecular formula is C19H18FN3O4. The van der Waals surface area contributed by atoms with Crippen LogP contribution in [0.15, 0.2) is 54.9 Å². The molecule has 0 bridgehead atoms. The number of imidazole rings is 1. The molecule has 8 heteroatoms. The van der Waals surface area contributed by atoms with Crippen LogP contribution < -0.4 is 5.32 Å². The van der Waals surface area contributed by atoms with E-state index in [4.69, 9.17) is 9.90 Å². The quantitative estimate of drug-likeness (QED) is 0.612. The number of para-hydroxylation sites is 1. The van der Waals surface area contributed by atoms with E-state index in [1.165, 1.54) is 6.07 Å². The van der Waals surface area contributed by atoms with Crippen molar-refractivity contribution < 1.29 is 24.2 Å². The molecule has 0 fully saturated rings. The predicted octanol–water partition coefficient (Wildman–Crippen LogP) is 2.66. The molecule has 1 aromatic heterocycles. The van der Waals surface area contributed by atoms with Crippen molar-refractivity contribution >= 4 is 12.4 Å². The Morgan fingerprint density at radius 2 is 2.00 bits per heavy atom. The van der Waals surface area contributed by atoms with Gasteiger partial charge in [0.05, 0.1) is 5.69 Å². The Morgan fingerprint density at radius 1 is 1.30 bits per heavy atom. The minimum absolute atomic E-state index is 0.199. The van der Waals surface area contributed by atoms with Crippen LogP contribution in [0, 0.1) is 12.7 Å². The number of carbonyl (C=O) groups is 2. The Labute approximate surface area is 154 Å². The molecule has 0 aliphatic carbocycles. The molecular weight excluding hydrogens is 353 g/mol. The molecule has 2 aromatic carbocycles. The van der Waals surface area contributed by atoms with E-state index in [1.807, 2.05) is 42.0 Å². The molecule has 0 spiro atoms. The molecule has 3 N–H and O–H groups in total. The van der Waals surface area contributed by atoms with E-state index in [0.717, 1.165) is 29.2 Å². The number of rotatable bonds is 4. The minimum atomic E-state index is -0.757. The van der Waals surface area contributed by atoms with Crippen LogP contribution in [0.4, 0.5) is 4.39 Å². The molecule has 0 atom stereocenters. The summed E-state index contributed by atoms with van der Waals surface area (Å²) in [5.41, 5.74) is 2.04. The average Bonchev–Trinajstić information content (AvgIpc) is 3.08. The highest BCUT2D eigenvalue weighted by Crippen LogP contribution is 2.18. The number of aromatic nitrogens is 2. The molecule has 0 radical (unpaired) electrons. The van der Waals surface area contributed by atoms with Crippen LogP contribution in [0.25, 0.3) is 5.69 Å². The van der Waals surface area contributed by atoms with Gasteiger partial charge in [-0.3, -0.25) is 9.59 Å². The number of carbonyl (C=O) groups excluding carboxylic acids is 1. The first kappa shape index (κ1) is 19.6. The second-order valence-corrected chi connectivity index (χ2v) is 5.43. The van der Waals surface area contributed by atoms with Crippen molar-refractivity contribution in [2.24, 2.45) is 0 Å². The first-order valence-corrected chi connectivity index (χ1v) is 7.90. The van der Waals surface area contributed by atoms with Crippen molar-refractivity contribution in [2.45, 2.75) is 13.5 Å². The van der Waals surface area contributed by atoms with Crippen molar-refractivity contribution in [2.75, 3.05) is 0 Å². The summed E-state index contributed by atoms with van der Waals surface area (Å²) in [7, 11) is 0. The highest BCUT2D eigenvalue weighted by molar-refractivity contribution is 5.94. The highest BCUT2D eigenvalue weighted by atomic mass is 19.1. The second kappa shape index (κ2) is 9.14. The van der Waals surface area contributed by atoms with Gasteiger partial charge in [0.25, 0.3) is 12.4 Å². The zero-order valence-electron chi connectivity index (χ0n) is 14.5. The van der Waals surface area contributed by atoms with Gasteiger partial charge in [-0.1, -0.05) is 18.2 Å². The number of nitrogens with one attached hydrogen (secondary N) is 1. The highest BCUT2D eigenvalue weighted by Gasteiger charge is 2.11. The van der Waals surface area contributed by atoms with Crippen molar-refractivity contribution in [3.8, 4) is 11.4 Å². The molecule has 1 heterocycles. The topological polar surface area (TPSA) is 104 Å². The maximum Gasteiger partial charge on any atom is 0.290 e. The molecule has 3 rings (SSSR count). The van der Waals surface area contributed by atoms with Gasteiger partial charge < -0.3 is 20.1 Å². The number of hydrogen-bond donors (Lipinski definition) is 3. The smallest absolute Gasteiger partial charge is 0.290 e. The van der Waals surface area contributed by atoms with Gasteiger partial charge in [-0.25, -0.2) is 9.37 Å². The first-order chi connectivity index (χ1) is 13.0. The lowest BCUT2D eigenvalue weighted by atomic mass is 10.1. The Morgan fingerprint density at radius 3 is 2.63 bits per heavy atom. The average molecular weight is 371 g/mol. The van der Waals surface area contributed by atoms with Crippen LogP contribution in [-0.4, -0.2) is 32.1 Å². The summed E-state index contributed by atoms with van der Waals surface area (Å²) in [6.45, 7) is 1.95. The molecule has 0 unspecified atom stereocenters. The number of carboxylic acid groups (broad SMARTS) is 1. The normalized spacial score (nSPS) is 9.85. The molecule has 0 saturated carbocycles. The molecule has 0 saturated heterocycles. The zero-order chi connectivity index (χ0) is 19.8. The Bertz CT molecular complexity index is 940. The third-order valence-electron chi connectivity index (χ3n) is 3.72. The maximum atomic E-state index is 13.1. The predicted molar refractivity (Wildman–Crippen MR) is 96.2 cm³/mol. The fraction of sp³-hybridized carbons (Fsp3) is 0.105.